The Bertz CT molecular complexity index is 996. The second kappa shape index (κ2) is 8.07. The van der Waals surface area contributed by atoms with E-state index in [1.165, 1.54) is 24.4 Å². The van der Waals surface area contributed by atoms with Gasteiger partial charge < -0.3 is 10.0 Å². The number of aromatic hydroxyl groups is 1. The van der Waals surface area contributed by atoms with E-state index in [1.807, 2.05) is 6.92 Å². The molecule has 5 nitrogen and oxygen atoms in total. The summed E-state index contributed by atoms with van der Waals surface area (Å²) in [6.07, 6.45) is 4.42. The molecule has 6 heteroatoms. The Hall–Kier alpha value is -3.15. The largest absolute Gasteiger partial charge is 0.507 e. The Morgan fingerprint density at radius 3 is 2.72 bits per heavy atom. The summed E-state index contributed by atoms with van der Waals surface area (Å²) >= 11 is 0. The Morgan fingerprint density at radius 2 is 2.03 bits per heavy atom. The van der Waals surface area contributed by atoms with Crippen LogP contribution in [0.2, 0.25) is 0 Å². The number of hydrogen-bond acceptors (Lipinski definition) is 4. The molecule has 2 aromatic carbocycles. The number of halogens is 1. The third-order valence-corrected chi connectivity index (χ3v) is 5.06. The number of hydrogen-bond donors (Lipinski definition) is 2. The van der Waals surface area contributed by atoms with Gasteiger partial charge in [0.05, 0.1) is 17.3 Å². The first-order chi connectivity index (χ1) is 13.7. The van der Waals surface area contributed by atoms with Crippen LogP contribution in [0.1, 0.15) is 55.6 Å². The van der Waals surface area contributed by atoms with Crippen molar-refractivity contribution in [2.45, 2.75) is 39.7 Å². The molecule has 29 heavy (non-hydrogen) atoms. The predicted octanol–water partition coefficient (Wildman–Crippen LogP) is 4.71. The van der Waals surface area contributed by atoms with Crippen molar-refractivity contribution in [3.63, 3.8) is 0 Å². The molecule has 2 aromatic rings. The van der Waals surface area contributed by atoms with E-state index in [4.69, 9.17) is 0 Å². The van der Waals surface area contributed by atoms with Crippen LogP contribution in [0.5, 0.6) is 5.75 Å². The molecule has 1 heterocycles. The fourth-order valence-corrected chi connectivity index (χ4v) is 3.73. The van der Waals surface area contributed by atoms with Gasteiger partial charge in [0.15, 0.2) is 0 Å². The van der Waals surface area contributed by atoms with Crippen LogP contribution in [0.25, 0.3) is 5.57 Å². The number of benzene rings is 2. The molecule has 0 aromatic heterocycles. The molecule has 0 bridgehead atoms. The molecule has 1 aliphatic rings. The molecule has 0 spiro atoms. The number of allylic oxidation sites excluding steroid dienone is 1. The van der Waals surface area contributed by atoms with Gasteiger partial charge in [-0.2, -0.15) is 5.10 Å². The summed E-state index contributed by atoms with van der Waals surface area (Å²) < 4.78 is 14.8. The molecule has 0 unspecified atom stereocenters. The molecule has 0 fully saturated rings. The number of anilines is 1. The molecule has 0 saturated carbocycles. The number of amides is 1. The van der Waals surface area contributed by atoms with Gasteiger partial charge in [0, 0.05) is 23.4 Å². The molecule has 0 saturated heterocycles. The zero-order chi connectivity index (χ0) is 21.2. The Labute approximate surface area is 170 Å². The number of rotatable bonds is 5. The third-order valence-electron chi connectivity index (χ3n) is 5.06. The van der Waals surface area contributed by atoms with E-state index in [-0.39, 0.29) is 22.4 Å². The van der Waals surface area contributed by atoms with Crippen LogP contribution in [0.15, 0.2) is 47.6 Å². The van der Waals surface area contributed by atoms with Gasteiger partial charge >= 0.3 is 0 Å². The summed E-state index contributed by atoms with van der Waals surface area (Å²) in [5, 5.41) is 13.6. The van der Waals surface area contributed by atoms with Crippen molar-refractivity contribution in [3.05, 3.63) is 65.0 Å². The molecule has 0 radical (unpaired) electrons. The molecular weight excluding hydrogens is 369 g/mol. The lowest BCUT2D eigenvalue weighted by Gasteiger charge is -2.43. The van der Waals surface area contributed by atoms with Crippen LogP contribution < -0.4 is 10.3 Å². The standard InChI is InChI=1S/C23H26FN3O2/c1-5-10-27-20-12-19(24)16(11-18(20)15(2)13-23(27,3)4)14-25-26-22(29)17-8-6-7-9-21(17)28/h6-9,11-14,28H,5,10H2,1-4H3,(H,26,29)/b25-14+. The smallest absolute Gasteiger partial charge is 0.275 e. The van der Waals surface area contributed by atoms with Gasteiger partial charge in [-0.1, -0.05) is 25.1 Å². The van der Waals surface area contributed by atoms with Gasteiger partial charge in [0.25, 0.3) is 5.91 Å². The van der Waals surface area contributed by atoms with Gasteiger partial charge in [-0.05, 0) is 57.0 Å². The minimum Gasteiger partial charge on any atom is -0.507 e. The van der Waals surface area contributed by atoms with Crippen molar-refractivity contribution in [1.82, 2.24) is 5.43 Å². The second-order valence-corrected chi connectivity index (χ2v) is 7.74. The summed E-state index contributed by atoms with van der Waals surface area (Å²) in [4.78, 5) is 14.3. The van der Waals surface area contributed by atoms with Gasteiger partial charge in [-0.25, -0.2) is 9.82 Å². The molecule has 1 amide bonds. The molecule has 152 valence electrons. The lowest BCUT2D eigenvalue weighted by Crippen LogP contribution is -2.45. The number of phenolic OH excluding ortho intramolecular Hbond substituents is 1. The average molecular weight is 395 g/mol. The number of hydrazone groups is 1. The van der Waals surface area contributed by atoms with Crippen LogP contribution in [0.4, 0.5) is 10.1 Å². The van der Waals surface area contributed by atoms with Crippen LogP contribution in [0.3, 0.4) is 0 Å². The Kier molecular flexibility index (Phi) is 5.73. The zero-order valence-corrected chi connectivity index (χ0v) is 17.2. The fourth-order valence-electron chi connectivity index (χ4n) is 3.73. The van der Waals surface area contributed by atoms with E-state index < -0.39 is 11.7 Å². The quantitative estimate of drug-likeness (QED) is 0.569. The number of carbonyl (C=O) groups is 1. The van der Waals surface area contributed by atoms with Crippen LogP contribution in [-0.4, -0.2) is 29.3 Å². The lowest BCUT2D eigenvalue weighted by molar-refractivity contribution is 0.0952. The van der Waals surface area contributed by atoms with Gasteiger partial charge in [-0.3, -0.25) is 4.79 Å². The predicted molar refractivity (Wildman–Crippen MR) is 115 cm³/mol. The SMILES string of the molecule is CCCN1c2cc(F)c(/C=N/NC(=O)c3ccccc3O)cc2C(C)=CC1(C)C. The zero-order valence-electron chi connectivity index (χ0n) is 17.2. The minimum atomic E-state index is -0.565. The van der Waals surface area contributed by atoms with Crippen molar-refractivity contribution in [2.75, 3.05) is 11.4 Å². The van der Waals surface area contributed by atoms with E-state index >= 15 is 0 Å². The van der Waals surface area contributed by atoms with Gasteiger partial charge in [-0.15, -0.1) is 0 Å². The van der Waals surface area contributed by atoms with Crippen LogP contribution in [0, 0.1) is 5.82 Å². The summed E-state index contributed by atoms with van der Waals surface area (Å²) in [5.41, 5.74) is 5.41. The van der Waals surface area contributed by atoms with Crippen molar-refractivity contribution in [2.24, 2.45) is 5.10 Å². The number of carbonyl (C=O) groups excluding carboxylic acids is 1. The molecule has 0 aliphatic carbocycles. The van der Waals surface area contributed by atoms with Gasteiger partial charge in [0.1, 0.15) is 11.6 Å². The highest BCUT2D eigenvalue weighted by atomic mass is 19.1. The maximum atomic E-state index is 14.8. The number of para-hydroxylation sites is 1. The summed E-state index contributed by atoms with van der Waals surface area (Å²) in [5.74, 6) is -1.11. The van der Waals surface area contributed by atoms with E-state index in [0.29, 0.717) is 0 Å². The summed E-state index contributed by atoms with van der Waals surface area (Å²) in [6.45, 7) is 9.19. The number of nitrogens with one attached hydrogen (secondary N) is 1. The molecular formula is C23H26FN3O2. The highest BCUT2D eigenvalue weighted by molar-refractivity contribution is 5.97. The average Bonchev–Trinajstić information content (AvgIpc) is 2.66. The van der Waals surface area contributed by atoms with E-state index in [9.17, 15) is 14.3 Å². The van der Waals surface area contributed by atoms with Crippen molar-refractivity contribution in [1.29, 1.82) is 0 Å². The summed E-state index contributed by atoms with van der Waals surface area (Å²) in [6, 6.07) is 9.45. The lowest BCUT2D eigenvalue weighted by atomic mass is 9.88. The fraction of sp³-hybridized carbons (Fsp3) is 0.304. The topological polar surface area (TPSA) is 64.9 Å². The summed E-state index contributed by atoms with van der Waals surface area (Å²) in [7, 11) is 0. The molecule has 1 aliphatic heterocycles. The Morgan fingerprint density at radius 1 is 1.31 bits per heavy atom. The van der Waals surface area contributed by atoms with E-state index in [2.05, 4.69) is 42.3 Å². The number of nitrogens with zero attached hydrogens (tertiary/aromatic N) is 2. The number of fused-ring (bicyclic) bond motifs is 1. The van der Waals surface area contributed by atoms with Crippen molar-refractivity contribution < 1.29 is 14.3 Å². The van der Waals surface area contributed by atoms with E-state index in [0.717, 1.165) is 29.8 Å². The molecule has 3 rings (SSSR count). The van der Waals surface area contributed by atoms with Crippen molar-refractivity contribution in [3.8, 4) is 5.75 Å². The second-order valence-electron chi connectivity index (χ2n) is 7.74. The highest BCUT2D eigenvalue weighted by Crippen LogP contribution is 2.39. The highest BCUT2D eigenvalue weighted by Gasteiger charge is 2.31. The van der Waals surface area contributed by atoms with Gasteiger partial charge in [0.2, 0.25) is 0 Å². The maximum Gasteiger partial charge on any atom is 0.275 e. The number of phenols is 1. The first kappa shape index (κ1) is 20.6. The monoisotopic (exact) mass is 395 g/mol. The molecule has 0 atom stereocenters. The van der Waals surface area contributed by atoms with Crippen molar-refractivity contribution >= 4 is 23.4 Å². The first-order valence-electron chi connectivity index (χ1n) is 9.67. The third kappa shape index (κ3) is 4.16. The Balaban J connectivity index is 1.87. The van der Waals surface area contributed by atoms with Crippen LogP contribution in [-0.2, 0) is 0 Å². The first-order valence-corrected chi connectivity index (χ1v) is 9.67. The minimum absolute atomic E-state index is 0.103. The maximum absolute atomic E-state index is 14.8. The van der Waals surface area contributed by atoms with E-state index in [1.54, 1.807) is 18.2 Å². The van der Waals surface area contributed by atoms with Crippen LogP contribution >= 0.6 is 0 Å². The normalized spacial score (nSPS) is 15.2. The molecule has 2 N–H and O–H groups in total.